The molecule has 4 nitrogen and oxygen atoms in total. The van der Waals surface area contributed by atoms with E-state index in [2.05, 4.69) is 42.5 Å². The monoisotopic (exact) mass is 554 g/mol. The fraction of sp³-hybridized carbons (Fsp3) is 0.136. The molecule has 0 saturated heterocycles. The highest BCUT2D eigenvalue weighted by molar-refractivity contribution is 9.11. The molecule has 0 aliphatic rings. The van der Waals surface area contributed by atoms with Crippen molar-refractivity contribution in [1.82, 2.24) is 0 Å². The Balaban J connectivity index is 1.69. The van der Waals surface area contributed by atoms with E-state index in [1.807, 2.05) is 43.3 Å². The molecule has 30 heavy (non-hydrogen) atoms. The van der Waals surface area contributed by atoms with Gasteiger partial charge in [-0.2, -0.15) is 0 Å². The van der Waals surface area contributed by atoms with Gasteiger partial charge in [-0.15, -0.1) is 0 Å². The number of ether oxygens (including phenoxy) is 1. The molecule has 3 rings (SSSR count). The van der Waals surface area contributed by atoms with Crippen LogP contribution in [-0.2, 0) is 11.3 Å². The Bertz CT molecular complexity index is 1080. The predicted octanol–water partition coefficient (Wildman–Crippen LogP) is 6.94. The van der Waals surface area contributed by atoms with Crippen molar-refractivity contribution < 1.29 is 13.9 Å². The van der Waals surface area contributed by atoms with Gasteiger partial charge in [0.15, 0.2) is 6.61 Å². The molecule has 156 valence electrons. The number of rotatable bonds is 7. The highest BCUT2D eigenvalue weighted by atomic mass is 79.9. The molecular weight excluding hydrogens is 539 g/mol. The van der Waals surface area contributed by atoms with Gasteiger partial charge >= 0.3 is 0 Å². The van der Waals surface area contributed by atoms with Crippen molar-refractivity contribution in [3.63, 3.8) is 0 Å². The molecule has 0 unspecified atom stereocenters. The fourth-order valence-electron chi connectivity index (χ4n) is 2.77. The van der Waals surface area contributed by atoms with Gasteiger partial charge in [-0.25, -0.2) is 4.39 Å². The van der Waals surface area contributed by atoms with E-state index in [-0.39, 0.29) is 17.5 Å². The van der Waals surface area contributed by atoms with Crippen molar-refractivity contribution in [2.75, 3.05) is 17.2 Å². The lowest BCUT2D eigenvalue weighted by molar-refractivity contribution is -0.118. The van der Waals surface area contributed by atoms with E-state index >= 15 is 0 Å². The minimum atomic E-state index is -0.476. The Hall–Kier alpha value is -2.09. The first-order chi connectivity index (χ1) is 14.3. The molecule has 0 radical (unpaired) electrons. The molecule has 0 aliphatic carbocycles. The summed E-state index contributed by atoms with van der Waals surface area (Å²) in [5.41, 5.74) is 3.24. The first-order valence-electron chi connectivity index (χ1n) is 8.98. The van der Waals surface area contributed by atoms with Gasteiger partial charge in [-0.05, 0) is 70.9 Å². The fourth-order valence-corrected chi connectivity index (χ4v) is 4.38. The van der Waals surface area contributed by atoms with E-state index in [1.165, 1.54) is 12.1 Å². The molecule has 0 atom stereocenters. The lowest BCUT2D eigenvalue weighted by atomic mass is 10.2. The summed E-state index contributed by atoms with van der Waals surface area (Å²) in [6, 6.07) is 15.7. The topological polar surface area (TPSA) is 50.4 Å². The lowest BCUT2D eigenvalue weighted by Gasteiger charge is -2.15. The summed E-state index contributed by atoms with van der Waals surface area (Å²) < 4.78 is 20.7. The van der Waals surface area contributed by atoms with Crippen LogP contribution in [0.15, 0.2) is 63.5 Å². The molecular formula is C22H18Br2ClFN2O2. The van der Waals surface area contributed by atoms with Crippen LogP contribution in [0.5, 0.6) is 5.75 Å². The van der Waals surface area contributed by atoms with Crippen molar-refractivity contribution in [3.8, 4) is 5.75 Å². The van der Waals surface area contributed by atoms with E-state index in [0.29, 0.717) is 28.1 Å². The maximum absolute atomic E-state index is 13.4. The Morgan fingerprint density at radius 3 is 2.63 bits per heavy atom. The molecule has 3 aromatic rings. The van der Waals surface area contributed by atoms with Crippen LogP contribution in [-0.4, -0.2) is 12.5 Å². The standard InChI is InChI=1S/C22H18Br2ClFN2O2/c1-13-3-2-4-17(7-13)28-21(29)12-30-22-14(8-15(23)9-18(22)24)11-27-16-5-6-20(26)19(25)10-16/h2-10,27H,11-12H2,1H3,(H,28,29). The van der Waals surface area contributed by atoms with Gasteiger partial charge in [0.2, 0.25) is 0 Å². The predicted molar refractivity (Wildman–Crippen MR) is 126 cm³/mol. The van der Waals surface area contributed by atoms with E-state index in [0.717, 1.165) is 15.6 Å². The molecule has 0 heterocycles. The van der Waals surface area contributed by atoms with Crippen molar-refractivity contribution in [2.45, 2.75) is 13.5 Å². The minimum Gasteiger partial charge on any atom is -0.482 e. The third-order valence-corrected chi connectivity index (χ3v) is 5.47. The summed E-state index contributed by atoms with van der Waals surface area (Å²) in [5.74, 6) is -0.200. The average molecular weight is 557 g/mol. The Labute approximate surface area is 196 Å². The van der Waals surface area contributed by atoms with E-state index in [4.69, 9.17) is 16.3 Å². The van der Waals surface area contributed by atoms with Crippen molar-refractivity contribution in [1.29, 1.82) is 0 Å². The largest absolute Gasteiger partial charge is 0.482 e. The van der Waals surface area contributed by atoms with Crippen molar-refractivity contribution in [3.05, 3.63) is 85.5 Å². The third kappa shape index (κ3) is 6.20. The zero-order valence-electron chi connectivity index (χ0n) is 15.9. The SMILES string of the molecule is Cc1cccc(NC(=O)COc2c(Br)cc(Br)cc2CNc2ccc(F)c(Cl)c2)c1. The second-order valence-corrected chi connectivity index (χ2v) is 8.74. The number of anilines is 2. The molecule has 8 heteroatoms. The van der Waals surface area contributed by atoms with Gasteiger partial charge in [0.1, 0.15) is 11.6 Å². The number of carbonyl (C=O) groups is 1. The first kappa shape index (κ1) is 22.6. The Kier molecular flexibility index (Phi) is 7.75. The summed E-state index contributed by atoms with van der Waals surface area (Å²) in [4.78, 5) is 12.3. The zero-order chi connectivity index (χ0) is 21.7. The highest BCUT2D eigenvalue weighted by Crippen LogP contribution is 2.33. The van der Waals surface area contributed by atoms with Crippen LogP contribution in [0, 0.1) is 12.7 Å². The van der Waals surface area contributed by atoms with Crippen molar-refractivity contribution in [2.24, 2.45) is 0 Å². The second-order valence-electron chi connectivity index (χ2n) is 6.56. The number of aryl methyl sites for hydroxylation is 1. The number of amides is 1. The molecule has 2 N–H and O–H groups in total. The molecule has 0 bridgehead atoms. The molecule has 0 spiro atoms. The van der Waals surface area contributed by atoms with Gasteiger partial charge < -0.3 is 15.4 Å². The van der Waals surface area contributed by atoms with Gasteiger partial charge in [-0.1, -0.05) is 39.7 Å². The molecule has 3 aromatic carbocycles. The average Bonchev–Trinajstić information content (AvgIpc) is 2.68. The quantitative estimate of drug-likeness (QED) is 0.331. The number of carbonyl (C=O) groups excluding carboxylic acids is 1. The lowest BCUT2D eigenvalue weighted by Crippen LogP contribution is -2.21. The molecule has 0 fully saturated rings. The smallest absolute Gasteiger partial charge is 0.262 e. The molecule has 0 aromatic heterocycles. The van der Waals surface area contributed by atoms with Crippen LogP contribution in [0.3, 0.4) is 0 Å². The summed E-state index contributed by atoms with van der Waals surface area (Å²) in [5, 5.41) is 6.04. The van der Waals surface area contributed by atoms with Gasteiger partial charge in [0.25, 0.3) is 5.91 Å². The number of benzene rings is 3. The number of halogens is 4. The maximum Gasteiger partial charge on any atom is 0.262 e. The zero-order valence-corrected chi connectivity index (χ0v) is 19.9. The van der Waals surface area contributed by atoms with Gasteiger partial charge in [0, 0.05) is 28.0 Å². The normalized spacial score (nSPS) is 10.6. The summed E-state index contributed by atoms with van der Waals surface area (Å²) in [6.45, 7) is 2.19. The van der Waals surface area contributed by atoms with Gasteiger partial charge in [-0.3, -0.25) is 4.79 Å². The van der Waals surface area contributed by atoms with Crippen LogP contribution in [0.25, 0.3) is 0 Å². The second kappa shape index (κ2) is 10.3. The van der Waals surface area contributed by atoms with E-state index in [9.17, 15) is 9.18 Å². The molecule has 1 amide bonds. The number of hydrogen-bond donors (Lipinski definition) is 2. The Morgan fingerprint density at radius 1 is 1.10 bits per heavy atom. The van der Waals surface area contributed by atoms with Crippen molar-refractivity contribution >= 4 is 60.7 Å². The third-order valence-electron chi connectivity index (χ3n) is 4.14. The number of nitrogens with one attached hydrogen (secondary N) is 2. The van der Waals surface area contributed by atoms with E-state index < -0.39 is 5.82 Å². The van der Waals surface area contributed by atoms with Crippen LogP contribution >= 0.6 is 43.5 Å². The molecule has 0 saturated carbocycles. The molecule has 0 aliphatic heterocycles. The minimum absolute atomic E-state index is 0.0414. The Morgan fingerprint density at radius 2 is 1.90 bits per heavy atom. The van der Waals surface area contributed by atoms with E-state index in [1.54, 1.807) is 6.07 Å². The summed E-state index contributed by atoms with van der Waals surface area (Å²) in [7, 11) is 0. The van der Waals surface area contributed by atoms with Gasteiger partial charge in [0.05, 0.1) is 9.50 Å². The van der Waals surface area contributed by atoms with Crippen LogP contribution in [0.1, 0.15) is 11.1 Å². The first-order valence-corrected chi connectivity index (χ1v) is 10.9. The summed E-state index contributed by atoms with van der Waals surface area (Å²) >= 11 is 12.8. The number of hydrogen-bond acceptors (Lipinski definition) is 3. The summed E-state index contributed by atoms with van der Waals surface area (Å²) in [6.07, 6.45) is 0. The van der Waals surface area contributed by atoms with Crippen LogP contribution in [0.2, 0.25) is 5.02 Å². The maximum atomic E-state index is 13.4. The highest BCUT2D eigenvalue weighted by Gasteiger charge is 2.13. The van der Waals surface area contributed by atoms with Crippen LogP contribution < -0.4 is 15.4 Å². The van der Waals surface area contributed by atoms with Crippen LogP contribution in [0.4, 0.5) is 15.8 Å².